The van der Waals surface area contributed by atoms with Gasteiger partial charge in [0.1, 0.15) is 4.33 Å². The fraction of sp³-hybridized carbons (Fsp3) is 0.176. The number of hydrogen-bond acceptors (Lipinski definition) is 2. The van der Waals surface area contributed by atoms with E-state index in [4.69, 9.17) is 46.4 Å². The Bertz CT molecular complexity index is 792. The second-order valence-electron chi connectivity index (χ2n) is 5.43. The fourth-order valence-electron chi connectivity index (χ4n) is 2.54. The first-order chi connectivity index (χ1) is 11.4. The summed E-state index contributed by atoms with van der Waals surface area (Å²) in [6.07, 6.45) is 1.55. The topological polar surface area (TPSA) is 41.5 Å². The molecule has 1 aliphatic rings. The third-order valence-corrected chi connectivity index (χ3v) is 5.37. The average molecular weight is 402 g/mol. The molecule has 0 spiro atoms. The van der Waals surface area contributed by atoms with Crippen molar-refractivity contribution in [1.82, 2.24) is 5.43 Å². The van der Waals surface area contributed by atoms with Gasteiger partial charge in [0.15, 0.2) is 0 Å². The van der Waals surface area contributed by atoms with Crippen LogP contribution in [0.5, 0.6) is 0 Å². The third kappa shape index (κ3) is 3.55. The molecule has 1 fully saturated rings. The second kappa shape index (κ2) is 6.93. The Morgan fingerprint density at radius 2 is 1.83 bits per heavy atom. The first-order valence-electron chi connectivity index (χ1n) is 7.12. The van der Waals surface area contributed by atoms with E-state index >= 15 is 0 Å². The number of hydrogen-bond donors (Lipinski definition) is 1. The van der Waals surface area contributed by atoms with Crippen LogP contribution in [0.15, 0.2) is 53.6 Å². The van der Waals surface area contributed by atoms with E-state index in [1.807, 2.05) is 30.3 Å². The number of rotatable bonds is 4. The lowest BCUT2D eigenvalue weighted by Crippen LogP contribution is -2.18. The van der Waals surface area contributed by atoms with Crippen molar-refractivity contribution < 1.29 is 4.79 Å². The van der Waals surface area contributed by atoms with Crippen molar-refractivity contribution in [3.8, 4) is 0 Å². The number of nitrogens with zero attached hydrogens (tertiary/aromatic N) is 1. The number of benzene rings is 2. The summed E-state index contributed by atoms with van der Waals surface area (Å²) in [5.41, 5.74) is 3.75. The molecule has 7 heteroatoms. The SMILES string of the molecule is O=C(NN=CC1C(c2ccccc2)C1(Cl)Cl)c1ccc(Cl)cc1Cl. The number of halogens is 4. The van der Waals surface area contributed by atoms with Gasteiger partial charge in [0.05, 0.1) is 10.6 Å². The molecule has 0 aromatic heterocycles. The molecular weight excluding hydrogens is 390 g/mol. The molecule has 2 unspecified atom stereocenters. The van der Waals surface area contributed by atoms with E-state index in [1.165, 1.54) is 12.1 Å². The van der Waals surface area contributed by atoms with Gasteiger partial charge in [0, 0.05) is 23.1 Å². The maximum atomic E-state index is 12.1. The van der Waals surface area contributed by atoms with Crippen LogP contribution >= 0.6 is 46.4 Å². The molecule has 0 aliphatic heterocycles. The van der Waals surface area contributed by atoms with Gasteiger partial charge in [-0.25, -0.2) is 5.43 Å². The largest absolute Gasteiger partial charge is 0.272 e. The van der Waals surface area contributed by atoms with E-state index < -0.39 is 10.2 Å². The molecule has 24 heavy (non-hydrogen) atoms. The van der Waals surface area contributed by atoms with Crippen molar-refractivity contribution in [2.24, 2.45) is 11.0 Å². The number of alkyl halides is 2. The molecule has 2 aromatic rings. The molecule has 0 heterocycles. The lowest BCUT2D eigenvalue weighted by atomic mass is 10.1. The van der Waals surface area contributed by atoms with Crippen LogP contribution in [-0.2, 0) is 0 Å². The highest BCUT2D eigenvalue weighted by Gasteiger charge is 2.63. The van der Waals surface area contributed by atoms with Crippen molar-refractivity contribution in [1.29, 1.82) is 0 Å². The molecular formula is C17H12Cl4N2O. The van der Waals surface area contributed by atoms with Crippen LogP contribution in [-0.4, -0.2) is 16.5 Å². The predicted octanol–water partition coefficient (Wildman–Crippen LogP) is 5.30. The Kier molecular flexibility index (Phi) is 5.07. The van der Waals surface area contributed by atoms with E-state index in [-0.39, 0.29) is 22.4 Å². The Morgan fingerprint density at radius 3 is 2.50 bits per heavy atom. The van der Waals surface area contributed by atoms with E-state index in [0.717, 1.165) is 5.56 Å². The molecule has 2 aromatic carbocycles. The van der Waals surface area contributed by atoms with Gasteiger partial charge >= 0.3 is 0 Å². The highest BCUT2D eigenvalue weighted by Crippen LogP contribution is 2.63. The van der Waals surface area contributed by atoms with Gasteiger partial charge in [0.2, 0.25) is 0 Å². The van der Waals surface area contributed by atoms with E-state index in [1.54, 1.807) is 12.3 Å². The van der Waals surface area contributed by atoms with Crippen molar-refractivity contribution in [2.45, 2.75) is 10.3 Å². The summed E-state index contributed by atoms with van der Waals surface area (Å²) in [5.74, 6) is -0.661. The molecule has 3 rings (SSSR count). The van der Waals surface area contributed by atoms with Crippen LogP contribution in [0.2, 0.25) is 10.0 Å². The summed E-state index contributed by atoms with van der Waals surface area (Å²) in [7, 11) is 0. The molecule has 1 aliphatic carbocycles. The minimum atomic E-state index is -0.923. The molecule has 0 radical (unpaired) electrons. The molecule has 0 saturated heterocycles. The highest BCUT2D eigenvalue weighted by molar-refractivity contribution is 6.53. The summed E-state index contributed by atoms with van der Waals surface area (Å²) >= 11 is 24.4. The minimum absolute atomic E-state index is 0.0539. The first kappa shape index (κ1) is 17.6. The monoisotopic (exact) mass is 400 g/mol. The number of carbonyl (C=O) groups is 1. The highest BCUT2D eigenvalue weighted by atomic mass is 35.5. The van der Waals surface area contributed by atoms with Crippen molar-refractivity contribution in [2.75, 3.05) is 0 Å². The fourth-order valence-corrected chi connectivity index (χ4v) is 3.79. The smallest absolute Gasteiger partial charge is 0.267 e. The van der Waals surface area contributed by atoms with Gasteiger partial charge in [-0.2, -0.15) is 5.10 Å². The van der Waals surface area contributed by atoms with Crippen LogP contribution in [0.1, 0.15) is 21.8 Å². The quantitative estimate of drug-likeness (QED) is 0.421. The lowest BCUT2D eigenvalue weighted by molar-refractivity contribution is 0.0955. The zero-order valence-electron chi connectivity index (χ0n) is 12.2. The maximum Gasteiger partial charge on any atom is 0.272 e. The van der Waals surface area contributed by atoms with Crippen LogP contribution in [0.4, 0.5) is 0 Å². The van der Waals surface area contributed by atoms with Crippen LogP contribution in [0, 0.1) is 5.92 Å². The molecule has 1 amide bonds. The van der Waals surface area contributed by atoms with Crippen molar-refractivity contribution in [3.63, 3.8) is 0 Å². The minimum Gasteiger partial charge on any atom is -0.267 e. The summed E-state index contributed by atoms with van der Waals surface area (Å²) in [5, 5.41) is 4.67. The van der Waals surface area contributed by atoms with Gasteiger partial charge in [0.25, 0.3) is 5.91 Å². The summed E-state index contributed by atoms with van der Waals surface area (Å²) in [4.78, 5) is 12.1. The number of hydrazone groups is 1. The lowest BCUT2D eigenvalue weighted by Gasteiger charge is -2.02. The zero-order chi connectivity index (χ0) is 17.3. The molecule has 2 atom stereocenters. The predicted molar refractivity (Wildman–Crippen MR) is 99.5 cm³/mol. The van der Waals surface area contributed by atoms with Crippen molar-refractivity contribution in [3.05, 3.63) is 69.7 Å². The van der Waals surface area contributed by atoms with E-state index in [2.05, 4.69) is 10.5 Å². The number of nitrogens with one attached hydrogen (secondary N) is 1. The first-order valence-corrected chi connectivity index (χ1v) is 8.64. The molecule has 0 bridgehead atoms. The summed E-state index contributed by atoms with van der Waals surface area (Å²) in [6.45, 7) is 0. The van der Waals surface area contributed by atoms with Crippen LogP contribution in [0.25, 0.3) is 0 Å². The van der Waals surface area contributed by atoms with Gasteiger partial charge in [-0.05, 0) is 23.8 Å². The molecule has 3 nitrogen and oxygen atoms in total. The van der Waals surface area contributed by atoms with Gasteiger partial charge in [-0.3, -0.25) is 4.79 Å². The van der Waals surface area contributed by atoms with Crippen molar-refractivity contribution >= 4 is 58.5 Å². The molecule has 1 N–H and O–H groups in total. The maximum absolute atomic E-state index is 12.1. The molecule has 1 saturated carbocycles. The van der Waals surface area contributed by atoms with E-state index in [0.29, 0.717) is 5.02 Å². The van der Waals surface area contributed by atoms with Crippen LogP contribution < -0.4 is 5.43 Å². The Morgan fingerprint density at radius 1 is 1.12 bits per heavy atom. The van der Waals surface area contributed by atoms with E-state index in [9.17, 15) is 4.79 Å². The van der Waals surface area contributed by atoms with Gasteiger partial charge in [-0.1, -0.05) is 53.5 Å². The summed E-state index contributed by atoms with van der Waals surface area (Å²) < 4.78 is -0.923. The van der Waals surface area contributed by atoms with Gasteiger partial charge < -0.3 is 0 Å². The Labute approximate surface area is 159 Å². The third-order valence-electron chi connectivity index (χ3n) is 3.84. The average Bonchev–Trinajstić information content (AvgIpc) is 3.09. The molecule has 124 valence electrons. The normalized spacial score (nSPS) is 21.7. The Balaban J connectivity index is 1.65. The number of carbonyl (C=O) groups excluding carboxylic acids is 1. The standard InChI is InChI=1S/C17H12Cl4N2O/c18-11-6-7-12(14(19)8-11)16(24)23-22-9-13-15(17(13,20)21)10-4-2-1-3-5-10/h1-9,13,15H,(H,23,24). The van der Waals surface area contributed by atoms with Gasteiger partial charge in [-0.15, -0.1) is 23.2 Å². The second-order valence-corrected chi connectivity index (χ2v) is 7.72. The van der Waals surface area contributed by atoms with Crippen LogP contribution in [0.3, 0.4) is 0 Å². The Hall–Kier alpha value is -1.26. The number of amides is 1. The zero-order valence-corrected chi connectivity index (χ0v) is 15.2. The summed E-state index contributed by atoms with van der Waals surface area (Å²) in [6, 6.07) is 14.3.